The molecule has 2 rings (SSSR count). The molecule has 0 saturated carbocycles. The van der Waals surface area contributed by atoms with E-state index in [4.69, 9.17) is 0 Å². The van der Waals surface area contributed by atoms with E-state index in [9.17, 15) is 14.4 Å². The normalized spacial score (nSPS) is 31.1. The number of hydrogen-bond acceptors (Lipinski definition) is 2. The van der Waals surface area contributed by atoms with E-state index in [0.717, 1.165) is 5.56 Å². The Labute approximate surface area is 95.1 Å². The third-order valence-electron chi connectivity index (χ3n) is 3.43. The van der Waals surface area contributed by atoms with Crippen LogP contribution in [0.15, 0.2) is 30.3 Å². The van der Waals surface area contributed by atoms with Crippen molar-refractivity contribution in [1.82, 2.24) is 4.90 Å². The first-order chi connectivity index (χ1) is 7.43. The van der Waals surface area contributed by atoms with Crippen LogP contribution in [0.1, 0.15) is 18.4 Å². The Morgan fingerprint density at radius 2 is 1.81 bits per heavy atom. The van der Waals surface area contributed by atoms with Gasteiger partial charge in [-0.3, -0.25) is 9.46 Å². The van der Waals surface area contributed by atoms with E-state index in [-0.39, 0.29) is 12.0 Å². The summed E-state index contributed by atoms with van der Waals surface area (Å²) in [5.41, 5.74) is 1.00. The van der Waals surface area contributed by atoms with Gasteiger partial charge in [-0.05, 0) is 19.5 Å². The molecule has 0 spiro atoms. The Hall–Kier alpha value is -0.670. The summed E-state index contributed by atoms with van der Waals surface area (Å²) in [5.74, 6) is -0.753. The van der Waals surface area contributed by atoms with Gasteiger partial charge in [0.15, 0.2) is 0 Å². The van der Waals surface area contributed by atoms with Crippen molar-refractivity contribution in [2.75, 3.05) is 7.05 Å². The Kier molecular flexibility index (Phi) is 2.93. The first-order valence-electron chi connectivity index (χ1n) is 5.25. The van der Waals surface area contributed by atoms with Crippen LogP contribution in [-0.2, 0) is 4.57 Å². The van der Waals surface area contributed by atoms with Crippen molar-refractivity contribution in [2.24, 2.45) is 0 Å². The molecule has 1 heterocycles. The molecule has 16 heavy (non-hydrogen) atoms. The van der Waals surface area contributed by atoms with Crippen molar-refractivity contribution in [2.45, 2.75) is 24.7 Å². The highest BCUT2D eigenvalue weighted by Crippen LogP contribution is 2.57. The van der Waals surface area contributed by atoms with E-state index >= 15 is 0 Å². The molecule has 1 aromatic carbocycles. The molecule has 88 valence electrons. The zero-order chi connectivity index (χ0) is 11.9. The summed E-state index contributed by atoms with van der Waals surface area (Å²) in [4.78, 5) is 20.4. The van der Waals surface area contributed by atoms with Gasteiger partial charge < -0.3 is 9.79 Å². The van der Waals surface area contributed by atoms with Crippen LogP contribution in [0.5, 0.6) is 0 Å². The minimum absolute atomic E-state index is 0.0768. The molecule has 0 radical (unpaired) electrons. The number of benzene rings is 1. The average Bonchev–Trinajstić information content (AvgIpc) is 2.23. The van der Waals surface area contributed by atoms with E-state index in [0.29, 0.717) is 0 Å². The molecule has 2 N–H and O–H groups in total. The van der Waals surface area contributed by atoms with Crippen molar-refractivity contribution in [1.29, 1.82) is 0 Å². The second-order valence-electron chi connectivity index (χ2n) is 4.35. The van der Waals surface area contributed by atoms with Gasteiger partial charge >= 0.3 is 7.60 Å². The average molecular weight is 241 g/mol. The molecule has 5 heteroatoms. The van der Waals surface area contributed by atoms with E-state index in [2.05, 4.69) is 0 Å². The standard InChI is InChI=1S/C11H16NO3P/c1-8-10(9-6-4-3-5-7-9)11(12(8)2)16(13,14)15/h3-8,10-11H,1-2H3,(H2,13,14,15)/t8-,10+,11+/m0/s1. The SMILES string of the molecule is C[C@H]1[C@H](c2ccccc2)[C@@H](P(=O)(O)O)N1C. The molecule has 0 unspecified atom stereocenters. The van der Waals surface area contributed by atoms with E-state index in [1.807, 2.05) is 37.3 Å². The molecular weight excluding hydrogens is 225 g/mol. The summed E-state index contributed by atoms with van der Waals surface area (Å²) < 4.78 is 11.4. The van der Waals surface area contributed by atoms with E-state index in [1.165, 1.54) is 0 Å². The van der Waals surface area contributed by atoms with Crippen molar-refractivity contribution in [3.63, 3.8) is 0 Å². The topological polar surface area (TPSA) is 60.8 Å². The second-order valence-corrected chi connectivity index (χ2v) is 6.05. The predicted molar refractivity (Wildman–Crippen MR) is 62.2 cm³/mol. The zero-order valence-electron chi connectivity index (χ0n) is 9.32. The fourth-order valence-electron chi connectivity index (χ4n) is 2.47. The number of rotatable bonds is 2. The fraction of sp³-hybridized carbons (Fsp3) is 0.455. The third kappa shape index (κ3) is 1.82. The lowest BCUT2D eigenvalue weighted by atomic mass is 9.84. The predicted octanol–water partition coefficient (Wildman–Crippen LogP) is 1.61. The molecule has 0 aromatic heterocycles. The maximum atomic E-state index is 11.4. The Morgan fingerprint density at radius 1 is 1.25 bits per heavy atom. The smallest absolute Gasteiger partial charge is 0.323 e. The lowest BCUT2D eigenvalue weighted by Gasteiger charge is -2.52. The van der Waals surface area contributed by atoms with Crippen LogP contribution in [0.3, 0.4) is 0 Å². The van der Waals surface area contributed by atoms with Crippen LogP contribution < -0.4 is 0 Å². The molecule has 0 amide bonds. The Bertz CT molecular complexity index is 416. The number of likely N-dealkylation sites (tertiary alicyclic amines) is 1. The highest BCUT2D eigenvalue weighted by atomic mass is 31.2. The Balaban J connectivity index is 2.31. The van der Waals surface area contributed by atoms with Gasteiger partial charge in [-0.1, -0.05) is 30.3 Å². The monoisotopic (exact) mass is 241 g/mol. The van der Waals surface area contributed by atoms with Gasteiger partial charge in [0, 0.05) is 12.0 Å². The van der Waals surface area contributed by atoms with Crippen LogP contribution in [-0.4, -0.2) is 33.6 Å². The number of hydrogen-bond donors (Lipinski definition) is 2. The van der Waals surface area contributed by atoms with Gasteiger partial charge in [0.2, 0.25) is 0 Å². The maximum Gasteiger partial charge on any atom is 0.343 e. The van der Waals surface area contributed by atoms with E-state index < -0.39 is 13.4 Å². The summed E-state index contributed by atoms with van der Waals surface area (Å²) in [5, 5.41) is 0. The molecule has 1 aliphatic rings. The highest BCUT2D eigenvalue weighted by Gasteiger charge is 2.53. The molecule has 1 aromatic rings. The summed E-state index contributed by atoms with van der Waals surface area (Å²) in [6.45, 7) is 1.99. The van der Waals surface area contributed by atoms with E-state index in [1.54, 1.807) is 11.9 Å². The molecule has 4 nitrogen and oxygen atoms in total. The molecule has 1 saturated heterocycles. The maximum absolute atomic E-state index is 11.4. The first kappa shape index (κ1) is 11.8. The van der Waals surface area contributed by atoms with Crippen molar-refractivity contribution in [3.05, 3.63) is 35.9 Å². The van der Waals surface area contributed by atoms with Crippen LogP contribution in [0.2, 0.25) is 0 Å². The molecule has 0 bridgehead atoms. The Morgan fingerprint density at radius 3 is 2.31 bits per heavy atom. The van der Waals surface area contributed by atoms with Crippen molar-refractivity contribution in [3.8, 4) is 0 Å². The van der Waals surface area contributed by atoms with Gasteiger partial charge in [0.05, 0.1) is 0 Å². The summed E-state index contributed by atoms with van der Waals surface area (Å²) >= 11 is 0. The van der Waals surface area contributed by atoms with Gasteiger partial charge in [0.1, 0.15) is 5.78 Å². The summed E-state index contributed by atoms with van der Waals surface area (Å²) in [6.07, 6.45) is 0. The molecular formula is C11H16NO3P. The zero-order valence-corrected chi connectivity index (χ0v) is 10.2. The largest absolute Gasteiger partial charge is 0.343 e. The van der Waals surface area contributed by atoms with Gasteiger partial charge in [-0.2, -0.15) is 0 Å². The van der Waals surface area contributed by atoms with Gasteiger partial charge in [-0.15, -0.1) is 0 Å². The first-order valence-corrected chi connectivity index (χ1v) is 6.93. The number of nitrogens with zero attached hydrogens (tertiary/aromatic N) is 1. The highest BCUT2D eigenvalue weighted by molar-refractivity contribution is 7.52. The van der Waals surface area contributed by atoms with Crippen LogP contribution in [0.25, 0.3) is 0 Å². The minimum Gasteiger partial charge on any atom is -0.323 e. The lowest BCUT2D eigenvalue weighted by molar-refractivity contribution is 0.0565. The van der Waals surface area contributed by atoms with Crippen molar-refractivity contribution < 1.29 is 14.4 Å². The molecule has 3 atom stereocenters. The minimum atomic E-state index is -4.06. The van der Waals surface area contributed by atoms with Crippen LogP contribution >= 0.6 is 7.60 Å². The van der Waals surface area contributed by atoms with Gasteiger partial charge in [-0.25, -0.2) is 0 Å². The molecule has 0 aliphatic carbocycles. The summed E-state index contributed by atoms with van der Waals surface area (Å²) in [6, 6.07) is 9.73. The third-order valence-corrected chi connectivity index (χ3v) is 4.80. The molecule has 1 fully saturated rings. The van der Waals surface area contributed by atoms with Crippen LogP contribution in [0, 0.1) is 0 Å². The summed E-state index contributed by atoms with van der Waals surface area (Å²) in [7, 11) is -2.30. The van der Waals surface area contributed by atoms with Crippen molar-refractivity contribution >= 4 is 7.60 Å². The number of likely N-dealkylation sites (N-methyl/N-ethyl adjacent to an activating group) is 1. The second kappa shape index (κ2) is 3.97. The van der Waals surface area contributed by atoms with Crippen LogP contribution in [0.4, 0.5) is 0 Å². The quantitative estimate of drug-likeness (QED) is 0.772. The van der Waals surface area contributed by atoms with Gasteiger partial charge in [0.25, 0.3) is 0 Å². The fourth-order valence-corrected chi connectivity index (χ4v) is 3.99. The lowest BCUT2D eigenvalue weighted by Crippen LogP contribution is -2.58. The molecule has 1 aliphatic heterocycles.